The van der Waals surface area contributed by atoms with Crippen molar-refractivity contribution in [2.45, 2.75) is 12.1 Å². The number of rotatable bonds is 4. The third-order valence-corrected chi connectivity index (χ3v) is 1.38. The molecule has 0 N–H and O–H groups in total. The average molecular weight is 235 g/mol. The summed E-state index contributed by atoms with van der Waals surface area (Å²) in [7, 11) is 3.10. The molecule has 0 aromatic heterocycles. The molecule has 0 unspecified atom stereocenters. The van der Waals surface area contributed by atoms with E-state index in [0.717, 1.165) is 0 Å². The van der Waals surface area contributed by atoms with E-state index in [2.05, 4.69) is 4.74 Å². The van der Waals surface area contributed by atoms with Crippen LogP contribution in [0.1, 0.15) is 0 Å². The van der Waals surface area contributed by atoms with Gasteiger partial charge in [-0.2, -0.15) is 22.0 Å². The minimum absolute atomic E-state index is 0.0691. The van der Waals surface area contributed by atoms with Crippen LogP contribution in [0.25, 0.3) is 0 Å². The Morgan fingerprint density at radius 3 is 2.00 bits per heavy atom. The summed E-state index contributed by atoms with van der Waals surface area (Å²) in [4.78, 5) is 11.9. The normalized spacial score (nSPS) is 13.1. The highest BCUT2D eigenvalue weighted by molar-refractivity contribution is 5.78. The Labute approximate surface area is 82.8 Å². The van der Waals surface area contributed by atoms with Crippen molar-refractivity contribution in [1.82, 2.24) is 4.90 Å². The first-order valence-electron chi connectivity index (χ1n) is 3.85. The zero-order valence-corrected chi connectivity index (χ0v) is 8.07. The number of hydrogen-bond acceptors (Lipinski definition) is 3. The predicted molar refractivity (Wildman–Crippen MR) is 40.5 cm³/mol. The molecule has 0 bridgehead atoms. The second-order valence-corrected chi connectivity index (χ2v) is 3.01. The molecule has 0 aliphatic rings. The molecular weight excluding hydrogens is 225 g/mol. The Morgan fingerprint density at radius 1 is 1.20 bits per heavy atom. The highest BCUT2D eigenvalue weighted by Gasteiger charge is 2.64. The number of alkyl halides is 5. The molecular formula is C7H10F5NO2. The Morgan fingerprint density at radius 2 is 1.67 bits per heavy atom. The summed E-state index contributed by atoms with van der Waals surface area (Å²) in [6.45, 7) is -0.447. The topological polar surface area (TPSA) is 29.5 Å². The number of carbonyl (C=O) groups excluding carboxylic acids is 1. The van der Waals surface area contributed by atoms with E-state index in [0.29, 0.717) is 0 Å². The van der Waals surface area contributed by atoms with Gasteiger partial charge in [0.15, 0.2) is 0 Å². The highest BCUT2D eigenvalue weighted by atomic mass is 19.4. The number of carbonyl (C=O) groups is 1. The molecule has 0 spiro atoms. The second kappa shape index (κ2) is 4.73. The van der Waals surface area contributed by atoms with E-state index in [1.807, 2.05) is 0 Å². The molecule has 0 aliphatic heterocycles. The molecule has 0 radical (unpaired) electrons. The fraction of sp³-hybridized carbons (Fsp3) is 0.857. The van der Waals surface area contributed by atoms with Crippen LogP contribution in [0.3, 0.4) is 0 Å². The van der Waals surface area contributed by atoms with Gasteiger partial charge in [0.05, 0.1) is 0 Å². The Kier molecular flexibility index (Phi) is 4.44. The van der Waals surface area contributed by atoms with Gasteiger partial charge < -0.3 is 9.64 Å². The fourth-order valence-corrected chi connectivity index (χ4v) is 0.527. The zero-order chi connectivity index (χ0) is 12.3. The summed E-state index contributed by atoms with van der Waals surface area (Å²) in [5, 5.41) is 0. The summed E-state index contributed by atoms with van der Waals surface area (Å²) < 4.78 is 63.1. The summed E-state index contributed by atoms with van der Waals surface area (Å²) in [5.41, 5.74) is 0. The molecule has 0 aromatic rings. The molecule has 3 nitrogen and oxygen atoms in total. The summed E-state index contributed by atoms with van der Waals surface area (Å²) in [5.74, 6) is -8.02. The number of ether oxygens (including phenoxy) is 1. The first kappa shape index (κ1) is 14.1. The van der Waals surface area contributed by atoms with Gasteiger partial charge in [-0.15, -0.1) is 0 Å². The van der Waals surface area contributed by atoms with E-state index in [1.54, 1.807) is 14.1 Å². The predicted octanol–water partition coefficient (Wildman–Crippen LogP) is 1.29. The van der Waals surface area contributed by atoms with E-state index in [4.69, 9.17) is 0 Å². The van der Waals surface area contributed by atoms with Crippen LogP contribution in [0.15, 0.2) is 0 Å². The van der Waals surface area contributed by atoms with E-state index in [9.17, 15) is 26.7 Å². The van der Waals surface area contributed by atoms with Crippen molar-refractivity contribution >= 4 is 5.97 Å². The molecule has 0 saturated carbocycles. The molecule has 8 heteroatoms. The first-order chi connectivity index (χ1) is 6.59. The van der Waals surface area contributed by atoms with E-state index in [-0.39, 0.29) is 6.54 Å². The minimum Gasteiger partial charge on any atom is -0.460 e. The summed E-state index contributed by atoms with van der Waals surface area (Å²) in [6.07, 6.45) is -5.91. The molecule has 0 fully saturated rings. The minimum atomic E-state index is -5.91. The molecule has 0 rings (SSSR count). The van der Waals surface area contributed by atoms with E-state index in [1.165, 1.54) is 4.90 Å². The zero-order valence-electron chi connectivity index (χ0n) is 8.07. The lowest BCUT2D eigenvalue weighted by atomic mass is 10.3. The van der Waals surface area contributed by atoms with E-state index >= 15 is 0 Å². The smallest absolute Gasteiger partial charge is 0.460 e. The van der Waals surface area contributed by atoms with Gasteiger partial charge in [0.1, 0.15) is 6.61 Å². The van der Waals surface area contributed by atoms with Crippen LogP contribution >= 0.6 is 0 Å². The lowest BCUT2D eigenvalue weighted by Gasteiger charge is -2.18. The van der Waals surface area contributed by atoms with Crippen LogP contribution < -0.4 is 0 Å². The number of hydrogen-bond donors (Lipinski definition) is 0. The SMILES string of the molecule is CN(C)CCOC(=O)C(F)(F)C(F)(F)F. The van der Waals surface area contributed by atoms with Crippen molar-refractivity contribution < 1.29 is 31.5 Å². The second-order valence-electron chi connectivity index (χ2n) is 3.01. The van der Waals surface area contributed by atoms with Gasteiger partial charge in [-0.05, 0) is 14.1 Å². The largest absolute Gasteiger partial charge is 0.465 e. The summed E-state index contributed by atoms with van der Waals surface area (Å²) >= 11 is 0. The number of esters is 1. The van der Waals surface area contributed by atoms with Gasteiger partial charge in [-0.25, -0.2) is 4.79 Å². The lowest BCUT2D eigenvalue weighted by molar-refractivity contribution is -0.280. The quantitative estimate of drug-likeness (QED) is 0.543. The van der Waals surface area contributed by atoms with Crippen LogP contribution in [0.2, 0.25) is 0 Å². The number of nitrogens with zero attached hydrogens (tertiary/aromatic N) is 1. The molecule has 15 heavy (non-hydrogen) atoms. The number of halogens is 5. The van der Waals surface area contributed by atoms with Crippen LogP contribution in [-0.4, -0.2) is 50.2 Å². The van der Waals surface area contributed by atoms with Gasteiger partial charge in [0, 0.05) is 6.54 Å². The van der Waals surface area contributed by atoms with Gasteiger partial charge in [0.25, 0.3) is 0 Å². The maximum atomic E-state index is 12.2. The highest BCUT2D eigenvalue weighted by Crippen LogP contribution is 2.36. The molecule has 0 aromatic carbocycles. The Bertz CT molecular complexity index is 226. The van der Waals surface area contributed by atoms with E-state index < -0.39 is 24.7 Å². The fourth-order valence-electron chi connectivity index (χ4n) is 0.527. The van der Waals surface area contributed by atoms with Crippen molar-refractivity contribution in [2.75, 3.05) is 27.2 Å². The van der Waals surface area contributed by atoms with Gasteiger partial charge in [-0.1, -0.05) is 0 Å². The Balaban J connectivity index is 4.21. The standard InChI is InChI=1S/C7H10F5NO2/c1-13(2)3-4-15-5(14)6(8,9)7(10,11)12/h3-4H2,1-2H3. The molecule has 90 valence electrons. The van der Waals surface area contributed by atoms with Crippen molar-refractivity contribution in [1.29, 1.82) is 0 Å². The third-order valence-electron chi connectivity index (χ3n) is 1.38. The molecule has 0 aliphatic carbocycles. The molecule has 0 amide bonds. The Hall–Kier alpha value is -0.920. The van der Waals surface area contributed by atoms with Gasteiger partial charge in [-0.3, -0.25) is 0 Å². The lowest BCUT2D eigenvalue weighted by Crippen LogP contribution is -2.45. The molecule has 0 saturated heterocycles. The van der Waals surface area contributed by atoms with Gasteiger partial charge >= 0.3 is 18.1 Å². The van der Waals surface area contributed by atoms with Crippen LogP contribution in [0, 0.1) is 0 Å². The summed E-state index contributed by atoms with van der Waals surface area (Å²) in [6, 6.07) is 0. The number of likely N-dealkylation sites (N-methyl/N-ethyl adjacent to an activating group) is 1. The first-order valence-corrected chi connectivity index (χ1v) is 3.85. The van der Waals surface area contributed by atoms with Crippen LogP contribution in [0.5, 0.6) is 0 Å². The van der Waals surface area contributed by atoms with Crippen LogP contribution in [0.4, 0.5) is 22.0 Å². The van der Waals surface area contributed by atoms with Crippen molar-refractivity contribution in [3.63, 3.8) is 0 Å². The van der Waals surface area contributed by atoms with Crippen molar-refractivity contribution in [2.24, 2.45) is 0 Å². The van der Waals surface area contributed by atoms with Gasteiger partial charge in [0.2, 0.25) is 0 Å². The maximum Gasteiger partial charge on any atom is 0.465 e. The van der Waals surface area contributed by atoms with Crippen molar-refractivity contribution in [3.05, 3.63) is 0 Å². The average Bonchev–Trinajstić information content (AvgIpc) is 2.01. The molecule has 0 heterocycles. The maximum absolute atomic E-state index is 12.2. The van der Waals surface area contributed by atoms with Crippen LogP contribution in [-0.2, 0) is 9.53 Å². The molecule has 0 atom stereocenters. The third kappa shape index (κ3) is 3.98. The monoisotopic (exact) mass is 235 g/mol. The van der Waals surface area contributed by atoms with Crippen molar-refractivity contribution in [3.8, 4) is 0 Å².